The highest BCUT2D eigenvalue weighted by Crippen LogP contribution is 2.41. The van der Waals surface area contributed by atoms with Crippen molar-refractivity contribution in [3.05, 3.63) is 23.3 Å². The normalized spacial score (nSPS) is 15.3. The van der Waals surface area contributed by atoms with Gasteiger partial charge in [-0.3, -0.25) is 24.6 Å². The van der Waals surface area contributed by atoms with Crippen LogP contribution in [-0.4, -0.2) is 33.7 Å². The van der Waals surface area contributed by atoms with Gasteiger partial charge in [0.1, 0.15) is 5.75 Å². The zero-order valence-electron chi connectivity index (χ0n) is 31.4. The van der Waals surface area contributed by atoms with Crippen molar-refractivity contribution >= 4 is 29.3 Å². The number of amides is 4. The quantitative estimate of drug-likeness (QED) is 0.0646. The Kier molecular flexibility index (Phi) is 17.7. The number of unbranched alkanes of at least 4 members (excludes halogenated alkanes) is 14. The summed E-state index contributed by atoms with van der Waals surface area (Å²) in [4.78, 5) is 50.6. The molecule has 8 nitrogen and oxygen atoms in total. The molecule has 8 heteroatoms. The highest BCUT2D eigenvalue weighted by atomic mass is 16.3. The third-order valence-corrected chi connectivity index (χ3v) is 9.45. The van der Waals surface area contributed by atoms with Gasteiger partial charge in [-0.2, -0.15) is 5.01 Å². The molecule has 0 bridgehead atoms. The minimum Gasteiger partial charge on any atom is -0.507 e. The molecular formula is C40H67N3O5. The number of phenols is 1. The number of carbonyl (C=O) groups excluding carboxylic acids is 4. The topological polar surface area (TPSA) is 116 Å². The van der Waals surface area contributed by atoms with Gasteiger partial charge in [-0.15, -0.1) is 0 Å². The number of nitrogens with zero attached hydrogens (tertiary/aromatic N) is 1. The predicted octanol–water partition coefficient (Wildman–Crippen LogP) is 9.76. The Balaban J connectivity index is 1.63. The molecule has 0 saturated carbocycles. The maximum absolute atomic E-state index is 12.8. The van der Waals surface area contributed by atoms with Gasteiger partial charge in [0.15, 0.2) is 0 Å². The van der Waals surface area contributed by atoms with Crippen molar-refractivity contribution in [3.63, 3.8) is 0 Å². The van der Waals surface area contributed by atoms with Crippen LogP contribution in [0.2, 0.25) is 0 Å². The van der Waals surface area contributed by atoms with Crippen LogP contribution in [0.25, 0.3) is 0 Å². The molecule has 1 saturated heterocycles. The molecule has 4 amide bonds. The molecule has 1 aliphatic rings. The monoisotopic (exact) mass is 670 g/mol. The molecule has 0 aromatic heterocycles. The van der Waals surface area contributed by atoms with Gasteiger partial charge >= 0.3 is 0 Å². The number of rotatable bonds is 22. The summed E-state index contributed by atoms with van der Waals surface area (Å²) >= 11 is 0. The van der Waals surface area contributed by atoms with Crippen LogP contribution >= 0.6 is 0 Å². The second kappa shape index (κ2) is 20.6. The fourth-order valence-corrected chi connectivity index (χ4v) is 6.45. The SMILES string of the molecule is CCCCCCCCCCCCCCCCC1CC(=O)N(NC(=O)CCCCC(=O)Nc2cc(C(C)(C)C)c(O)c(C(C)(C)C)c2)C1=O. The molecule has 1 aromatic carbocycles. The van der Waals surface area contributed by atoms with Gasteiger partial charge in [-0.25, -0.2) is 0 Å². The Morgan fingerprint density at radius 1 is 0.708 bits per heavy atom. The first-order valence-electron chi connectivity index (χ1n) is 19.0. The highest BCUT2D eigenvalue weighted by Gasteiger charge is 2.39. The largest absolute Gasteiger partial charge is 0.507 e. The van der Waals surface area contributed by atoms with E-state index in [0.717, 1.165) is 35.4 Å². The van der Waals surface area contributed by atoms with E-state index < -0.39 is 5.91 Å². The van der Waals surface area contributed by atoms with Gasteiger partial charge in [0.2, 0.25) is 17.7 Å². The van der Waals surface area contributed by atoms with E-state index in [2.05, 4.69) is 17.7 Å². The summed E-state index contributed by atoms with van der Waals surface area (Å²) in [6.07, 6.45) is 20.0. The van der Waals surface area contributed by atoms with Crippen molar-refractivity contribution in [2.75, 3.05) is 5.32 Å². The average Bonchev–Trinajstić information content (AvgIpc) is 3.26. The lowest BCUT2D eigenvalue weighted by Crippen LogP contribution is -2.46. The molecule has 48 heavy (non-hydrogen) atoms. The number of aromatic hydroxyl groups is 1. The van der Waals surface area contributed by atoms with Crippen LogP contribution in [0.1, 0.15) is 188 Å². The maximum atomic E-state index is 12.8. The zero-order valence-corrected chi connectivity index (χ0v) is 31.4. The van der Waals surface area contributed by atoms with Crippen molar-refractivity contribution < 1.29 is 24.3 Å². The summed E-state index contributed by atoms with van der Waals surface area (Å²) in [6.45, 7) is 14.4. The van der Waals surface area contributed by atoms with E-state index in [0.29, 0.717) is 24.9 Å². The van der Waals surface area contributed by atoms with E-state index in [9.17, 15) is 24.3 Å². The Hall–Kier alpha value is -2.90. The number of nitrogens with one attached hydrogen (secondary N) is 2. The lowest BCUT2D eigenvalue weighted by Gasteiger charge is -2.28. The summed E-state index contributed by atoms with van der Waals surface area (Å²) in [6, 6.07) is 3.65. The van der Waals surface area contributed by atoms with E-state index in [-0.39, 0.29) is 59.5 Å². The molecule has 2 rings (SSSR count). The number of benzene rings is 1. The van der Waals surface area contributed by atoms with Gasteiger partial charge in [0.25, 0.3) is 5.91 Å². The van der Waals surface area contributed by atoms with Crippen LogP contribution < -0.4 is 10.7 Å². The van der Waals surface area contributed by atoms with Crippen LogP contribution in [0.4, 0.5) is 5.69 Å². The minimum absolute atomic E-state index is 0.121. The Labute approximate surface area is 291 Å². The van der Waals surface area contributed by atoms with Crippen molar-refractivity contribution in [3.8, 4) is 5.75 Å². The molecule has 272 valence electrons. The van der Waals surface area contributed by atoms with E-state index in [4.69, 9.17) is 0 Å². The van der Waals surface area contributed by atoms with Gasteiger partial charge in [-0.05, 0) is 42.2 Å². The minimum atomic E-state index is -0.391. The molecule has 3 N–H and O–H groups in total. The van der Waals surface area contributed by atoms with Gasteiger partial charge in [0.05, 0.1) is 0 Å². The number of phenolic OH excluding ortho intramolecular Hbond substituents is 1. The number of anilines is 1. The lowest BCUT2D eigenvalue weighted by atomic mass is 9.79. The van der Waals surface area contributed by atoms with Gasteiger partial charge in [0, 0.05) is 42.0 Å². The third kappa shape index (κ3) is 14.7. The van der Waals surface area contributed by atoms with Crippen LogP contribution in [0.15, 0.2) is 12.1 Å². The van der Waals surface area contributed by atoms with Crippen molar-refractivity contribution in [1.29, 1.82) is 0 Å². The van der Waals surface area contributed by atoms with Crippen LogP contribution in [0, 0.1) is 5.92 Å². The molecule has 1 unspecified atom stereocenters. The second-order valence-electron chi connectivity index (χ2n) is 16.1. The second-order valence-corrected chi connectivity index (χ2v) is 16.1. The first-order valence-corrected chi connectivity index (χ1v) is 19.0. The molecule has 1 heterocycles. The van der Waals surface area contributed by atoms with Crippen LogP contribution in [-0.2, 0) is 30.0 Å². The molecule has 0 spiro atoms. The van der Waals surface area contributed by atoms with Crippen molar-refractivity contribution in [2.45, 2.75) is 188 Å². The van der Waals surface area contributed by atoms with E-state index in [1.807, 2.05) is 53.7 Å². The molecule has 0 aliphatic carbocycles. The lowest BCUT2D eigenvalue weighted by molar-refractivity contribution is -0.148. The molecule has 1 aromatic rings. The summed E-state index contributed by atoms with van der Waals surface area (Å²) < 4.78 is 0. The summed E-state index contributed by atoms with van der Waals surface area (Å²) in [7, 11) is 0. The van der Waals surface area contributed by atoms with Crippen molar-refractivity contribution in [2.24, 2.45) is 5.92 Å². The Bertz CT molecular complexity index is 1150. The number of carbonyl (C=O) groups is 4. The number of hydrogen-bond acceptors (Lipinski definition) is 5. The zero-order chi connectivity index (χ0) is 35.7. The average molecular weight is 670 g/mol. The van der Waals surface area contributed by atoms with E-state index in [1.165, 1.54) is 70.6 Å². The van der Waals surface area contributed by atoms with E-state index in [1.54, 1.807) is 0 Å². The van der Waals surface area contributed by atoms with Crippen molar-refractivity contribution in [1.82, 2.24) is 10.4 Å². The highest BCUT2D eigenvalue weighted by molar-refractivity contribution is 6.04. The predicted molar refractivity (Wildman–Crippen MR) is 196 cm³/mol. The number of hydrogen-bond donors (Lipinski definition) is 3. The van der Waals surface area contributed by atoms with Crippen LogP contribution in [0.3, 0.4) is 0 Å². The standard InChI is InChI=1S/C40H67N3O5/c1-8-9-10-11-12-13-14-15-16-17-18-19-20-21-24-30-27-36(46)43(38(30)48)42-35(45)26-23-22-25-34(44)41-31-28-32(39(2,3)4)37(47)33(29-31)40(5,6)7/h28-30,47H,8-27H2,1-7H3,(H,41,44)(H,42,45). The fourth-order valence-electron chi connectivity index (χ4n) is 6.45. The number of hydrazine groups is 1. The van der Waals surface area contributed by atoms with Gasteiger partial charge < -0.3 is 10.4 Å². The van der Waals surface area contributed by atoms with E-state index >= 15 is 0 Å². The molecule has 1 aliphatic heterocycles. The van der Waals surface area contributed by atoms with Crippen LogP contribution in [0.5, 0.6) is 5.75 Å². The summed E-state index contributed by atoms with van der Waals surface area (Å²) in [5.74, 6) is -1.30. The molecule has 1 atom stereocenters. The third-order valence-electron chi connectivity index (χ3n) is 9.45. The smallest absolute Gasteiger partial charge is 0.251 e. The summed E-state index contributed by atoms with van der Waals surface area (Å²) in [5.41, 5.74) is 4.08. The first kappa shape index (κ1) is 41.3. The Morgan fingerprint density at radius 3 is 1.60 bits per heavy atom. The number of imide groups is 1. The first-order chi connectivity index (χ1) is 22.6. The summed E-state index contributed by atoms with van der Waals surface area (Å²) in [5, 5.41) is 14.8. The maximum Gasteiger partial charge on any atom is 0.251 e. The molecular weight excluding hydrogens is 602 g/mol. The molecule has 0 radical (unpaired) electrons. The molecule has 1 fully saturated rings. The van der Waals surface area contributed by atoms with Gasteiger partial charge in [-0.1, -0.05) is 138 Å². The fraction of sp³-hybridized carbons (Fsp3) is 0.750. The Morgan fingerprint density at radius 2 is 1.15 bits per heavy atom.